The number of rotatable bonds is 2. The summed E-state index contributed by atoms with van der Waals surface area (Å²) in [5.74, 6) is -3.35. The van der Waals surface area contributed by atoms with Crippen molar-refractivity contribution in [2.75, 3.05) is 6.54 Å². The molecule has 19 heavy (non-hydrogen) atoms. The lowest BCUT2D eigenvalue weighted by atomic mass is 10.1. The SMILES string of the molecule is O=C(NC1CCCCNC1=O)c1cccc(F)c1F. The Morgan fingerprint density at radius 1 is 1.32 bits per heavy atom. The maximum absolute atomic E-state index is 13.4. The van der Waals surface area contributed by atoms with Crippen LogP contribution in [0.15, 0.2) is 18.2 Å². The van der Waals surface area contributed by atoms with E-state index in [-0.39, 0.29) is 5.91 Å². The van der Waals surface area contributed by atoms with Crippen LogP contribution in [0.25, 0.3) is 0 Å². The molecule has 1 fully saturated rings. The fourth-order valence-corrected chi connectivity index (χ4v) is 1.99. The average Bonchev–Trinajstić information content (AvgIpc) is 2.58. The van der Waals surface area contributed by atoms with E-state index < -0.39 is 29.1 Å². The molecule has 0 aliphatic carbocycles. The Bertz CT molecular complexity index is 505. The van der Waals surface area contributed by atoms with Crippen molar-refractivity contribution in [2.24, 2.45) is 0 Å². The van der Waals surface area contributed by atoms with Crippen molar-refractivity contribution in [3.8, 4) is 0 Å². The third-order valence-electron chi connectivity index (χ3n) is 3.04. The molecule has 1 aliphatic heterocycles. The van der Waals surface area contributed by atoms with E-state index in [1.54, 1.807) is 0 Å². The molecule has 4 nitrogen and oxygen atoms in total. The van der Waals surface area contributed by atoms with Crippen molar-refractivity contribution in [1.82, 2.24) is 10.6 Å². The maximum Gasteiger partial charge on any atom is 0.255 e. The van der Waals surface area contributed by atoms with Crippen molar-refractivity contribution in [3.05, 3.63) is 35.4 Å². The highest BCUT2D eigenvalue weighted by Gasteiger charge is 2.24. The summed E-state index contributed by atoms with van der Waals surface area (Å²) in [6.07, 6.45) is 2.12. The molecule has 0 saturated carbocycles. The minimum atomic E-state index is -1.20. The van der Waals surface area contributed by atoms with Crippen LogP contribution in [0.1, 0.15) is 29.6 Å². The van der Waals surface area contributed by atoms with E-state index in [0.29, 0.717) is 13.0 Å². The molecule has 1 atom stereocenters. The second-order valence-electron chi connectivity index (χ2n) is 4.41. The number of halogens is 2. The molecule has 0 bridgehead atoms. The highest BCUT2D eigenvalue weighted by molar-refractivity contribution is 5.97. The summed E-state index contributed by atoms with van der Waals surface area (Å²) in [6.45, 7) is 0.569. The summed E-state index contributed by atoms with van der Waals surface area (Å²) >= 11 is 0. The maximum atomic E-state index is 13.4. The lowest BCUT2D eigenvalue weighted by Crippen LogP contribution is -2.45. The zero-order valence-electron chi connectivity index (χ0n) is 10.2. The van der Waals surface area contributed by atoms with Gasteiger partial charge in [-0.15, -0.1) is 0 Å². The van der Waals surface area contributed by atoms with Crippen LogP contribution in [0, 0.1) is 11.6 Å². The molecular formula is C13H14F2N2O2. The quantitative estimate of drug-likeness (QED) is 0.851. The topological polar surface area (TPSA) is 58.2 Å². The Morgan fingerprint density at radius 2 is 2.11 bits per heavy atom. The Morgan fingerprint density at radius 3 is 2.89 bits per heavy atom. The molecule has 2 N–H and O–H groups in total. The molecule has 1 aliphatic rings. The van der Waals surface area contributed by atoms with Crippen LogP contribution in [-0.2, 0) is 4.79 Å². The van der Waals surface area contributed by atoms with Crippen LogP contribution in [0.2, 0.25) is 0 Å². The second-order valence-corrected chi connectivity index (χ2v) is 4.41. The van der Waals surface area contributed by atoms with Crippen molar-refractivity contribution in [2.45, 2.75) is 25.3 Å². The van der Waals surface area contributed by atoms with Crippen molar-refractivity contribution < 1.29 is 18.4 Å². The minimum absolute atomic E-state index is 0.289. The molecule has 1 saturated heterocycles. The van der Waals surface area contributed by atoms with Crippen LogP contribution in [0.4, 0.5) is 8.78 Å². The minimum Gasteiger partial charge on any atom is -0.354 e. The molecule has 1 heterocycles. The molecule has 1 aromatic rings. The van der Waals surface area contributed by atoms with Gasteiger partial charge in [-0.25, -0.2) is 8.78 Å². The van der Waals surface area contributed by atoms with Gasteiger partial charge in [0.05, 0.1) is 5.56 Å². The van der Waals surface area contributed by atoms with Gasteiger partial charge in [-0.05, 0) is 31.4 Å². The van der Waals surface area contributed by atoms with Gasteiger partial charge in [0.25, 0.3) is 5.91 Å². The zero-order valence-corrected chi connectivity index (χ0v) is 10.2. The lowest BCUT2D eigenvalue weighted by molar-refractivity contribution is -0.122. The van der Waals surface area contributed by atoms with E-state index in [0.717, 1.165) is 18.9 Å². The summed E-state index contributed by atoms with van der Waals surface area (Å²) in [6, 6.07) is 2.67. The Balaban J connectivity index is 2.12. The summed E-state index contributed by atoms with van der Waals surface area (Å²) in [5, 5.41) is 5.09. The number of nitrogens with one attached hydrogen (secondary N) is 2. The van der Waals surface area contributed by atoms with Gasteiger partial charge in [0.1, 0.15) is 6.04 Å². The number of benzene rings is 1. The van der Waals surface area contributed by atoms with Crippen molar-refractivity contribution in [3.63, 3.8) is 0 Å². The molecule has 1 unspecified atom stereocenters. The first-order valence-corrected chi connectivity index (χ1v) is 6.12. The van der Waals surface area contributed by atoms with E-state index in [1.807, 2.05) is 0 Å². The first-order valence-electron chi connectivity index (χ1n) is 6.12. The summed E-state index contributed by atoms with van der Waals surface area (Å²) in [4.78, 5) is 23.5. The van der Waals surface area contributed by atoms with Crippen LogP contribution in [0.5, 0.6) is 0 Å². The Kier molecular flexibility index (Phi) is 4.09. The van der Waals surface area contributed by atoms with E-state index >= 15 is 0 Å². The van der Waals surface area contributed by atoms with Gasteiger partial charge in [0.2, 0.25) is 5.91 Å². The third kappa shape index (κ3) is 3.07. The standard InChI is InChI=1S/C13H14F2N2O2/c14-9-5-3-4-8(11(9)15)12(18)17-10-6-1-2-7-16-13(10)19/h3-5,10H,1-2,6-7H2,(H,16,19)(H,17,18). The molecule has 0 spiro atoms. The molecule has 0 aromatic heterocycles. The number of hydrogen-bond donors (Lipinski definition) is 2. The fraction of sp³-hybridized carbons (Fsp3) is 0.385. The first kappa shape index (κ1) is 13.5. The second kappa shape index (κ2) is 5.77. The normalized spacial score (nSPS) is 19.5. The number of hydrogen-bond acceptors (Lipinski definition) is 2. The van der Waals surface area contributed by atoms with E-state index in [2.05, 4.69) is 10.6 Å². The average molecular weight is 268 g/mol. The summed E-state index contributed by atoms with van der Waals surface area (Å²) in [7, 11) is 0. The largest absolute Gasteiger partial charge is 0.354 e. The van der Waals surface area contributed by atoms with Crippen LogP contribution in [0.3, 0.4) is 0 Å². The Hall–Kier alpha value is -1.98. The lowest BCUT2D eigenvalue weighted by Gasteiger charge is -2.15. The molecule has 2 amide bonds. The summed E-state index contributed by atoms with van der Waals surface area (Å²) < 4.78 is 26.5. The fourth-order valence-electron chi connectivity index (χ4n) is 1.99. The first-order chi connectivity index (χ1) is 9.09. The van der Waals surface area contributed by atoms with Gasteiger partial charge >= 0.3 is 0 Å². The number of carbonyl (C=O) groups is 2. The number of carbonyl (C=O) groups excluding carboxylic acids is 2. The van der Waals surface area contributed by atoms with Gasteiger partial charge in [-0.3, -0.25) is 9.59 Å². The van der Waals surface area contributed by atoms with E-state index in [1.165, 1.54) is 12.1 Å². The molecule has 1 aromatic carbocycles. The predicted octanol–water partition coefficient (Wildman–Crippen LogP) is 1.36. The van der Waals surface area contributed by atoms with E-state index in [4.69, 9.17) is 0 Å². The van der Waals surface area contributed by atoms with Crippen LogP contribution in [-0.4, -0.2) is 24.4 Å². The van der Waals surface area contributed by atoms with Gasteiger partial charge in [-0.1, -0.05) is 6.07 Å². The number of amides is 2. The van der Waals surface area contributed by atoms with Crippen molar-refractivity contribution >= 4 is 11.8 Å². The van der Waals surface area contributed by atoms with E-state index in [9.17, 15) is 18.4 Å². The molecule has 0 radical (unpaired) electrons. The molecular weight excluding hydrogens is 254 g/mol. The third-order valence-corrected chi connectivity index (χ3v) is 3.04. The highest BCUT2D eigenvalue weighted by atomic mass is 19.2. The van der Waals surface area contributed by atoms with Gasteiger partial charge in [0, 0.05) is 6.54 Å². The monoisotopic (exact) mass is 268 g/mol. The predicted molar refractivity (Wildman–Crippen MR) is 64.5 cm³/mol. The van der Waals surface area contributed by atoms with Crippen LogP contribution >= 0.6 is 0 Å². The Labute approximate surface area is 109 Å². The van der Waals surface area contributed by atoms with Crippen LogP contribution < -0.4 is 10.6 Å². The molecule has 6 heteroatoms. The molecule has 2 rings (SSSR count). The van der Waals surface area contributed by atoms with Gasteiger partial charge in [0.15, 0.2) is 11.6 Å². The molecule has 102 valence electrons. The summed E-state index contributed by atoms with van der Waals surface area (Å²) in [5.41, 5.74) is -0.392. The zero-order chi connectivity index (χ0) is 13.8. The van der Waals surface area contributed by atoms with Gasteiger partial charge < -0.3 is 10.6 Å². The highest BCUT2D eigenvalue weighted by Crippen LogP contribution is 2.12. The smallest absolute Gasteiger partial charge is 0.255 e. The van der Waals surface area contributed by atoms with Gasteiger partial charge in [-0.2, -0.15) is 0 Å². The van der Waals surface area contributed by atoms with Crippen molar-refractivity contribution in [1.29, 1.82) is 0 Å².